The molecule has 0 aromatic carbocycles. The molecule has 1 amide bonds. The van der Waals surface area contributed by atoms with E-state index in [0.717, 1.165) is 28.9 Å². The molecule has 0 radical (unpaired) electrons. The van der Waals surface area contributed by atoms with E-state index in [4.69, 9.17) is 0 Å². The summed E-state index contributed by atoms with van der Waals surface area (Å²) in [6.45, 7) is 3.30. The van der Waals surface area contributed by atoms with Gasteiger partial charge >= 0.3 is 0 Å². The largest absolute Gasteiger partial charge is 0.376 e. The number of hydrogen-bond acceptors (Lipinski definition) is 5. The van der Waals surface area contributed by atoms with Gasteiger partial charge in [0.05, 0.1) is 10.4 Å². The van der Waals surface area contributed by atoms with Gasteiger partial charge in [-0.25, -0.2) is 4.98 Å². The molecule has 2 aliphatic rings. The van der Waals surface area contributed by atoms with Crippen LogP contribution in [0.4, 0.5) is 5.69 Å². The van der Waals surface area contributed by atoms with Gasteiger partial charge in [0.1, 0.15) is 5.69 Å². The molecule has 22 heavy (non-hydrogen) atoms. The SMILES string of the molecule is CN(C)c1csc2c(C(=O)NC3CN4CC[C@H]3C4)nccc12. The summed E-state index contributed by atoms with van der Waals surface area (Å²) in [6.07, 6.45) is 2.94. The summed E-state index contributed by atoms with van der Waals surface area (Å²) in [7, 11) is 4.04. The van der Waals surface area contributed by atoms with Crippen molar-refractivity contribution in [2.24, 2.45) is 5.92 Å². The van der Waals surface area contributed by atoms with Gasteiger partial charge < -0.3 is 15.1 Å². The molecule has 2 fully saturated rings. The molecule has 6 heteroatoms. The Morgan fingerprint density at radius 2 is 2.32 bits per heavy atom. The number of nitrogens with zero attached hydrogens (tertiary/aromatic N) is 3. The summed E-state index contributed by atoms with van der Waals surface area (Å²) >= 11 is 1.60. The lowest BCUT2D eigenvalue weighted by Crippen LogP contribution is -2.43. The van der Waals surface area contributed by atoms with Gasteiger partial charge in [0.15, 0.2) is 0 Å². The van der Waals surface area contributed by atoms with Crippen molar-refractivity contribution in [3.63, 3.8) is 0 Å². The second-order valence-corrected chi connectivity index (χ2v) is 7.32. The van der Waals surface area contributed by atoms with Gasteiger partial charge in [-0.3, -0.25) is 4.79 Å². The highest BCUT2D eigenvalue weighted by atomic mass is 32.1. The zero-order valence-corrected chi connectivity index (χ0v) is 13.7. The van der Waals surface area contributed by atoms with Crippen molar-refractivity contribution in [1.29, 1.82) is 0 Å². The molecule has 1 N–H and O–H groups in total. The molecule has 3 atom stereocenters. The average Bonchev–Trinajstić information content (AvgIpc) is 3.20. The Balaban J connectivity index is 1.62. The maximum Gasteiger partial charge on any atom is 0.271 e. The van der Waals surface area contributed by atoms with Crippen molar-refractivity contribution >= 4 is 33.0 Å². The van der Waals surface area contributed by atoms with Crippen LogP contribution in [0.2, 0.25) is 0 Å². The summed E-state index contributed by atoms with van der Waals surface area (Å²) in [5.74, 6) is 0.584. The minimum atomic E-state index is -0.0310. The van der Waals surface area contributed by atoms with Crippen LogP contribution >= 0.6 is 11.3 Å². The highest BCUT2D eigenvalue weighted by Crippen LogP contribution is 2.34. The van der Waals surface area contributed by atoms with Crippen molar-refractivity contribution in [2.45, 2.75) is 12.5 Å². The van der Waals surface area contributed by atoms with E-state index in [2.05, 4.69) is 25.5 Å². The molecule has 0 spiro atoms. The van der Waals surface area contributed by atoms with Gasteiger partial charge in [-0.1, -0.05) is 0 Å². The maximum absolute atomic E-state index is 12.7. The van der Waals surface area contributed by atoms with Crippen LogP contribution in [0, 0.1) is 5.92 Å². The molecular weight excluding hydrogens is 296 g/mol. The van der Waals surface area contributed by atoms with Gasteiger partial charge in [-0.15, -0.1) is 11.3 Å². The zero-order valence-electron chi connectivity index (χ0n) is 12.9. The first-order valence-electron chi connectivity index (χ1n) is 7.70. The fourth-order valence-corrected chi connectivity index (χ4v) is 4.76. The van der Waals surface area contributed by atoms with Crippen molar-refractivity contribution < 1.29 is 4.79 Å². The van der Waals surface area contributed by atoms with E-state index in [9.17, 15) is 4.79 Å². The lowest BCUT2D eigenvalue weighted by Gasteiger charge is -2.23. The second-order valence-electron chi connectivity index (χ2n) is 6.44. The molecule has 2 aliphatic heterocycles. The van der Waals surface area contributed by atoms with E-state index in [0.29, 0.717) is 11.6 Å². The number of hydrogen-bond donors (Lipinski definition) is 1. The number of pyridine rings is 1. The maximum atomic E-state index is 12.7. The second kappa shape index (κ2) is 5.21. The van der Waals surface area contributed by atoms with Crippen LogP contribution in [-0.2, 0) is 0 Å². The van der Waals surface area contributed by atoms with Gasteiger partial charge in [-0.05, 0) is 24.9 Å². The van der Waals surface area contributed by atoms with Crippen LogP contribution in [0.15, 0.2) is 17.6 Å². The molecule has 0 aliphatic carbocycles. The van der Waals surface area contributed by atoms with Gasteiger partial charge in [0.2, 0.25) is 0 Å². The highest BCUT2D eigenvalue weighted by Gasteiger charge is 2.39. The quantitative estimate of drug-likeness (QED) is 0.938. The molecule has 2 bridgehead atoms. The minimum absolute atomic E-state index is 0.0310. The Bertz CT molecular complexity index is 726. The fraction of sp³-hybridized carbons (Fsp3) is 0.500. The molecule has 4 heterocycles. The summed E-state index contributed by atoms with van der Waals surface area (Å²) in [4.78, 5) is 21.5. The Labute approximate surface area is 133 Å². The molecule has 116 valence electrons. The number of carbonyl (C=O) groups excluding carboxylic acids is 1. The predicted molar refractivity (Wildman–Crippen MR) is 89.7 cm³/mol. The van der Waals surface area contributed by atoms with Crippen molar-refractivity contribution in [3.8, 4) is 0 Å². The number of aromatic nitrogens is 1. The Morgan fingerprint density at radius 1 is 1.45 bits per heavy atom. The van der Waals surface area contributed by atoms with Crippen LogP contribution in [0.3, 0.4) is 0 Å². The van der Waals surface area contributed by atoms with Crippen LogP contribution in [0.1, 0.15) is 16.9 Å². The lowest BCUT2D eigenvalue weighted by atomic mass is 10.00. The Hall–Kier alpha value is -1.66. The van der Waals surface area contributed by atoms with Crippen molar-refractivity contribution in [2.75, 3.05) is 38.6 Å². The molecule has 2 aromatic heterocycles. The first-order chi connectivity index (χ1) is 10.6. The van der Waals surface area contributed by atoms with E-state index in [1.165, 1.54) is 13.0 Å². The summed E-state index contributed by atoms with van der Waals surface area (Å²) in [5.41, 5.74) is 1.70. The third-order valence-electron chi connectivity index (χ3n) is 4.82. The van der Waals surface area contributed by atoms with Gasteiger partial charge in [0.25, 0.3) is 5.91 Å². The number of rotatable bonds is 3. The predicted octanol–water partition coefficient (Wildman–Crippen LogP) is 1.80. The van der Waals surface area contributed by atoms with Crippen LogP contribution in [0.25, 0.3) is 10.1 Å². The number of fused-ring (bicyclic) bond motifs is 3. The smallest absolute Gasteiger partial charge is 0.271 e. The van der Waals surface area contributed by atoms with E-state index in [-0.39, 0.29) is 11.9 Å². The monoisotopic (exact) mass is 316 g/mol. The number of amides is 1. The molecule has 2 saturated heterocycles. The van der Waals surface area contributed by atoms with Crippen molar-refractivity contribution in [1.82, 2.24) is 15.2 Å². The number of nitrogens with one attached hydrogen (secondary N) is 1. The standard InChI is InChI=1S/C16H20N4OS/c1-19(2)13-9-22-15-11(13)3-5-17-14(15)16(21)18-12-8-20-6-4-10(12)7-20/h3,5,9-10,12H,4,6-8H2,1-2H3,(H,18,21)/t10-,12?/m0/s1. The molecular formula is C16H20N4OS. The van der Waals surface area contributed by atoms with E-state index >= 15 is 0 Å². The first kappa shape index (κ1) is 14.0. The molecule has 2 unspecified atom stereocenters. The fourth-order valence-electron chi connectivity index (χ4n) is 3.64. The molecule has 0 saturated carbocycles. The summed E-state index contributed by atoms with van der Waals surface area (Å²) < 4.78 is 0.979. The third kappa shape index (κ3) is 2.18. The summed E-state index contributed by atoms with van der Waals surface area (Å²) in [6, 6.07) is 2.27. The normalized spacial score (nSPS) is 26.5. The molecule has 4 rings (SSSR count). The lowest BCUT2D eigenvalue weighted by molar-refractivity contribution is 0.0921. The third-order valence-corrected chi connectivity index (χ3v) is 5.81. The minimum Gasteiger partial charge on any atom is -0.376 e. The number of anilines is 1. The highest BCUT2D eigenvalue weighted by molar-refractivity contribution is 7.18. The van der Waals surface area contributed by atoms with E-state index in [1.807, 2.05) is 20.2 Å². The van der Waals surface area contributed by atoms with Crippen molar-refractivity contribution in [3.05, 3.63) is 23.3 Å². The van der Waals surface area contributed by atoms with Crippen LogP contribution < -0.4 is 10.2 Å². The average molecular weight is 316 g/mol. The van der Waals surface area contributed by atoms with Gasteiger partial charge in [0, 0.05) is 50.2 Å². The number of piperidine rings is 1. The van der Waals surface area contributed by atoms with E-state index < -0.39 is 0 Å². The Kier molecular flexibility index (Phi) is 3.31. The summed E-state index contributed by atoms with van der Waals surface area (Å²) in [5, 5.41) is 6.40. The number of thiophene rings is 1. The molecule has 5 nitrogen and oxygen atoms in total. The Morgan fingerprint density at radius 3 is 3.00 bits per heavy atom. The topological polar surface area (TPSA) is 48.5 Å². The van der Waals surface area contributed by atoms with Crippen LogP contribution in [-0.4, -0.2) is 55.6 Å². The molecule has 2 aromatic rings. The van der Waals surface area contributed by atoms with Gasteiger partial charge in [-0.2, -0.15) is 0 Å². The number of carbonyl (C=O) groups is 1. The zero-order chi connectivity index (χ0) is 15.3. The van der Waals surface area contributed by atoms with E-state index in [1.54, 1.807) is 17.5 Å². The van der Waals surface area contributed by atoms with Crippen LogP contribution in [0.5, 0.6) is 0 Å². The first-order valence-corrected chi connectivity index (χ1v) is 8.58.